The Morgan fingerprint density at radius 1 is 1.42 bits per heavy atom. The predicted octanol–water partition coefficient (Wildman–Crippen LogP) is 1.87. The fourth-order valence-corrected chi connectivity index (χ4v) is 2.25. The quantitative estimate of drug-likeness (QED) is 0.915. The van der Waals surface area contributed by atoms with Crippen molar-refractivity contribution in [3.05, 3.63) is 30.2 Å². The number of fused-ring (bicyclic) bond motifs is 1. The minimum Gasteiger partial charge on any atom is -0.439 e. The highest BCUT2D eigenvalue weighted by Crippen LogP contribution is 2.16. The molecule has 0 saturated carbocycles. The van der Waals surface area contributed by atoms with Crippen molar-refractivity contribution in [2.45, 2.75) is 19.4 Å². The van der Waals surface area contributed by atoms with Gasteiger partial charge in [-0.15, -0.1) is 0 Å². The van der Waals surface area contributed by atoms with Crippen molar-refractivity contribution in [2.75, 3.05) is 13.2 Å². The van der Waals surface area contributed by atoms with Crippen LogP contribution in [0.5, 0.6) is 0 Å². The van der Waals surface area contributed by atoms with E-state index < -0.39 is 0 Å². The summed E-state index contributed by atoms with van der Waals surface area (Å²) < 4.78 is 10.9. The Labute approximate surface area is 111 Å². The van der Waals surface area contributed by atoms with Crippen molar-refractivity contribution < 1.29 is 13.9 Å². The Morgan fingerprint density at radius 2 is 2.32 bits per heavy atom. The maximum absolute atomic E-state index is 11.9. The lowest BCUT2D eigenvalue weighted by Gasteiger charge is -2.20. The first-order valence-corrected chi connectivity index (χ1v) is 6.53. The highest BCUT2D eigenvalue weighted by molar-refractivity contribution is 5.79. The van der Waals surface area contributed by atoms with Gasteiger partial charge in [-0.3, -0.25) is 4.79 Å². The van der Waals surface area contributed by atoms with Crippen molar-refractivity contribution in [1.82, 2.24) is 10.3 Å². The SMILES string of the molecule is O=C(NCc1nc2ccccc2o1)[C@H]1CCCOC1. The van der Waals surface area contributed by atoms with E-state index in [0.29, 0.717) is 19.0 Å². The molecular weight excluding hydrogens is 244 g/mol. The zero-order valence-electron chi connectivity index (χ0n) is 10.6. The second-order valence-corrected chi connectivity index (χ2v) is 4.71. The molecule has 1 fully saturated rings. The van der Waals surface area contributed by atoms with Crippen LogP contribution in [0.2, 0.25) is 0 Å². The number of rotatable bonds is 3. The van der Waals surface area contributed by atoms with Gasteiger partial charge in [0, 0.05) is 6.61 Å². The number of carbonyl (C=O) groups is 1. The molecule has 5 heteroatoms. The minimum absolute atomic E-state index is 0.0157. The summed E-state index contributed by atoms with van der Waals surface area (Å²) in [6, 6.07) is 7.56. The largest absolute Gasteiger partial charge is 0.439 e. The number of para-hydroxylation sites is 2. The van der Waals surface area contributed by atoms with Crippen molar-refractivity contribution in [1.29, 1.82) is 0 Å². The van der Waals surface area contributed by atoms with Gasteiger partial charge in [-0.1, -0.05) is 12.1 Å². The number of hydrogen-bond donors (Lipinski definition) is 1. The van der Waals surface area contributed by atoms with Crippen LogP contribution < -0.4 is 5.32 Å². The van der Waals surface area contributed by atoms with Gasteiger partial charge in [0.05, 0.1) is 19.1 Å². The summed E-state index contributed by atoms with van der Waals surface area (Å²) in [7, 11) is 0. The van der Waals surface area contributed by atoms with Gasteiger partial charge >= 0.3 is 0 Å². The number of carbonyl (C=O) groups excluding carboxylic acids is 1. The molecule has 1 aromatic heterocycles. The van der Waals surface area contributed by atoms with Gasteiger partial charge in [0.25, 0.3) is 0 Å². The molecule has 1 amide bonds. The zero-order valence-corrected chi connectivity index (χ0v) is 10.6. The maximum atomic E-state index is 11.9. The standard InChI is InChI=1S/C14H16N2O3/c17-14(10-4-3-7-18-9-10)15-8-13-16-11-5-1-2-6-12(11)19-13/h1-2,5-6,10H,3-4,7-9H2,(H,15,17)/t10-/m0/s1. The van der Waals surface area contributed by atoms with E-state index in [0.717, 1.165) is 30.5 Å². The Hall–Kier alpha value is -1.88. The van der Waals surface area contributed by atoms with E-state index in [1.807, 2.05) is 24.3 Å². The van der Waals surface area contributed by atoms with Crippen LogP contribution in [0, 0.1) is 5.92 Å². The molecule has 1 aliphatic rings. The highest BCUT2D eigenvalue weighted by atomic mass is 16.5. The number of nitrogens with zero attached hydrogens (tertiary/aromatic N) is 1. The summed E-state index contributed by atoms with van der Waals surface area (Å²) >= 11 is 0. The third-order valence-corrected chi connectivity index (χ3v) is 3.28. The molecule has 0 unspecified atom stereocenters. The first-order chi connectivity index (χ1) is 9.33. The highest BCUT2D eigenvalue weighted by Gasteiger charge is 2.21. The Morgan fingerprint density at radius 3 is 3.11 bits per heavy atom. The summed E-state index contributed by atoms with van der Waals surface area (Å²) in [5.41, 5.74) is 1.56. The number of hydrogen-bond acceptors (Lipinski definition) is 4. The van der Waals surface area contributed by atoms with E-state index in [1.54, 1.807) is 0 Å². The van der Waals surface area contributed by atoms with Gasteiger partial charge in [0.15, 0.2) is 5.58 Å². The minimum atomic E-state index is -0.0434. The van der Waals surface area contributed by atoms with E-state index in [1.165, 1.54) is 0 Å². The number of aromatic nitrogens is 1. The van der Waals surface area contributed by atoms with Crippen molar-refractivity contribution in [3.63, 3.8) is 0 Å². The maximum Gasteiger partial charge on any atom is 0.225 e. The smallest absolute Gasteiger partial charge is 0.225 e. The van der Waals surface area contributed by atoms with Gasteiger partial charge in [-0.25, -0.2) is 4.98 Å². The molecule has 2 heterocycles. The van der Waals surface area contributed by atoms with Gasteiger partial charge in [0.2, 0.25) is 11.8 Å². The topological polar surface area (TPSA) is 64.4 Å². The van der Waals surface area contributed by atoms with Gasteiger partial charge in [-0.05, 0) is 25.0 Å². The van der Waals surface area contributed by atoms with E-state index >= 15 is 0 Å². The fourth-order valence-electron chi connectivity index (χ4n) is 2.25. The molecule has 0 aliphatic carbocycles. The molecule has 19 heavy (non-hydrogen) atoms. The third kappa shape index (κ3) is 2.76. The number of oxazole rings is 1. The second-order valence-electron chi connectivity index (χ2n) is 4.71. The van der Waals surface area contributed by atoms with Crippen LogP contribution in [0.1, 0.15) is 18.7 Å². The number of amides is 1. The van der Waals surface area contributed by atoms with Crippen molar-refractivity contribution in [3.8, 4) is 0 Å². The van der Waals surface area contributed by atoms with E-state index in [4.69, 9.17) is 9.15 Å². The molecule has 0 radical (unpaired) electrons. The molecule has 1 aliphatic heterocycles. The van der Waals surface area contributed by atoms with Crippen LogP contribution in [0.3, 0.4) is 0 Å². The normalized spacial score (nSPS) is 19.5. The van der Waals surface area contributed by atoms with Gasteiger partial charge < -0.3 is 14.5 Å². The molecule has 100 valence electrons. The molecule has 1 N–H and O–H groups in total. The van der Waals surface area contributed by atoms with E-state index in [-0.39, 0.29) is 11.8 Å². The lowest BCUT2D eigenvalue weighted by atomic mass is 10.0. The number of benzene rings is 1. The Balaban J connectivity index is 1.60. The fraction of sp³-hybridized carbons (Fsp3) is 0.429. The average Bonchev–Trinajstić information content (AvgIpc) is 2.88. The molecule has 0 bridgehead atoms. The first kappa shape index (κ1) is 12.2. The summed E-state index contributed by atoms with van der Waals surface area (Å²) in [5, 5.41) is 2.85. The molecule has 3 rings (SSSR count). The molecule has 1 aromatic carbocycles. The summed E-state index contributed by atoms with van der Waals surface area (Å²) in [4.78, 5) is 16.2. The Kier molecular flexibility index (Phi) is 3.46. The lowest BCUT2D eigenvalue weighted by Crippen LogP contribution is -2.35. The number of ether oxygens (including phenoxy) is 1. The summed E-state index contributed by atoms with van der Waals surface area (Å²) in [6.45, 7) is 1.60. The van der Waals surface area contributed by atoms with Crippen LogP contribution in [0.15, 0.2) is 28.7 Å². The second kappa shape index (κ2) is 5.40. The van der Waals surface area contributed by atoms with Crippen molar-refractivity contribution in [2.24, 2.45) is 5.92 Å². The molecule has 5 nitrogen and oxygen atoms in total. The third-order valence-electron chi connectivity index (χ3n) is 3.28. The van der Waals surface area contributed by atoms with Crippen LogP contribution in [0.25, 0.3) is 11.1 Å². The van der Waals surface area contributed by atoms with Crippen LogP contribution in [-0.2, 0) is 16.1 Å². The molecular formula is C14H16N2O3. The molecule has 1 saturated heterocycles. The molecule has 0 spiro atoms. The number of nitrogens with one attached hydrogen (secondary N) is 1. The van der Waals surface area contributed by atoms with Crippen LogP contribution in [0.4, 0.5) is 0 Å². The first-order valence-electron chi connectivity index (χ1n) is 6.53. The molecule has 1 atom stereocenters. The zero-order chi connectivity index (χ0) is 13.1. The monoisotopic (exact) mass is 260 g/mol. The van der Waals surface area contributed by atoms with E-state index in [9.17, 15) is 4.79 Å². The van der Waals surface area contributed by atoms with E-state index in [2.05, 4.69) is 10.3 Å². The predicted molar refractivity (Wildman–Crippen MR) is 69.4 cm³/mol. The van der Waals surface area contributed by atoms with Crippen LogP contribution >= 0.6 is 0 Å². The molecule has 2 aromatic rings. The summed E-state index contributed by atoms with van der Waals surface area (Å²) in [6.07, 6.45) is 1.83. The lowest BCUT2D eigenvalue weighted by molar-refractivity contribution is -0.129. The van der Waals surface area contributed by atoms with Crippen LogP contribution in [-0.4, -0.2) is 24.1 Å². The van der Waals surface area contributed by atoms with Gasteiger partial charge in [-0.2, -0.15) is 0 Å². The van der Waals surface area contributed by atoms with Crippen molar-refractivity contribution >= 4 is 17.0 Å². The average molecular weight is 260 g/mol. The Bertz CT molecular complexity index is 540. The van der Waals surface area contributed by atoms with Gasteiger partial charge in [0.1, 0.15) is 5.52 Å². The summed E-state index contributed by atoms with van der Waals surface area (Å²) in [5.74, 6) is 0.506.